The zero-order valence-electron chi connectivity index (χ0n) is 9.51. The fourth-order valence-electron chi connectivity index (χ4n) is 1.94. The second kappa shape index (κ2) is 4.02. The molecule has 1 saturated heterocycles. The van der Waals surface area contributed by atoms with E-state index in [0.29, 0.717) is 0 Å². The van der Waals surface area contributed by atoms with Gasteiger partial charge in [0.05, 0.1) is 5.56 Å². The summed E-state index contributed by atoms with van der Waals surface area (Å²) in [7, 11) is 0. The van der Waals surface area contributed by atoms with Crippen LogP contribution in [0.25, 0.3) is 0 Å². The van der Waals surface area contributed by atoms with Gasteiger partial charge in [-0.2, -0.15) is 14.0 Å². The predicted molar refractivity (Wildman–Crippen MR) is 57.8 cm³/mol. The Labute approximate surface area is 101 Å². The maximum absolute atomic E-state index is 13.7. The van der Waals surface area contributed by atoms with Gasteiger partial charge in [0.2, 0.25) is 0 Å². The van der Waals surface area contributed by atoms with Crippen LogP contribution in [0.5, 0.6) is 0 Å². The molecule has 0 spiro atoms. The SMILES string of the molecule is Cc1c(N2CCC(F)(F)C2=O)ccc(C#N)c1F. The molecule has 0 aromatic heterocycles. The number of carbonyl (C=O) groups excluding carboxylic acids is 1. The fraction of sp³-hybridized carbons (Fsp3) is 0.333. The maximum Gasteiger partial charge on any atom is 0.326 e. The molecule has 0 radical (unpaired) electrons. The highest BCUT2D eigenvalue weighted by molar-refractivity contribution is 6.01. The molecule has 18 heavy (non-hydrogen) atoms. The van der Waals surface area contributed by atoms with Crippen molar-refractivity contribution in [2.24, 2.45) is 0 Å². The lowest BCUT2D eigenvalue weighted by atomic mass is 10.1. The van der Waals surface area contributed by atoms with E-state index in [1.807, 2.05) is 0 Å². The number of nitriles is 1. The molecule has 1 amide bonds. The minimum Gasteiger partial charge on any atom is -0.307 e. The number of alkyl halides is 2. The number of amides is 1. The summed E-state index contributed by atoms with van der Waals surface area (Å²) in [6, 6.07) is 4.15. The van der Waals surface area contributed by atoms with Crippen molar-refractivity contribution in [3.8, 4) is 6.07 Å². The lowest BCUT2D eigenvalue weighted by molar-refractivity contribution is -0.137. The van der Waals surface area contributed by atoms with Crippen LogP contribution in [-0.2, 0) is 4.79 Å². The first kappa shape index (κ1) is 12.4. The van der Waals surface area contributed by atoms with Crippen LogP contribution in [0.15, 0.2) is 12.1 Å². The van der Waals surface area contributed by atoms with Gasteiger partial charge in [0.1, 0.15) is 11.9 Å². The molecule has 0 N–H and O–H groups in total. The van der Waals surface area contributed by atoms with Crippen LogP contribution < -0.4 is 4.90 Å². The number of nitrogens with zero attached hydrogens (tertiary/aromatic N) is 2. The van der Waals surface area contributed by atoms with Crippen molar-refractivity contribution >= 4 is 11.6 Å². The Morgan fingerprint density at radius 3 is 2.61 bits per heavy atom. The molecular formula is C12H9F3N2O. The Balaban J connectivity index is 2.46. The van der Waals surface area contributed by atoms with E-state index in [1.165, 1.54) is 19.1 Å². The summed E-state index contributed by atoms with van der Waals surface area (Å²) in [4.78, 5) is 12.3. The van der Waals surface area contributed by atoms with Crippen LogP contribution in [0.1, 0.15) is 17.5 Å². The number of benzene rings is 1. The minimum absolute atomic E-state index is 0.0279. The van der Waals surface area contributed by atoms with Crippen LogP contribution in [-0.4, -0.2) is 18.4 Å². The van der Waals surface area contributed by atoms with E-state index >= 15 is 0 Å². The highest BCUT2D eigenvalue weighted by Gasteiger charge is 2.48. The van der Waals surface area contributed by atoms with Crippen LogP contribution >= 0.6 is 0 Å². The number of rotatable bonds is 1. The fourth-order valence-corrected chi connectivity index (χ4v) is 1.94. The third kappa shape index (κ3) is 1.72. The van der Waals surface area contributed by atoms with Gasteiger partial charge >= 0.3 is 5.92 Å². The molecule has 0 saturated carbocycles. The molecule has 6 heteroatoms. The van der Waals surface area contributed by atoms with Crippen LogP contribution in [0.4, 0.5) is 18.9 Å². The topological polar surface area (TPSA) is 44.1 Å². The Morgan fingerprint density at radius 2 is 2.11 bits per heavy atom. The predicted octanol–water partition coefficient (Wildman–Crippen LogP) is 2.38. The summed E-state index contributed by atoms with van der Waals surface area (Å²) in [6.45, 7) is 1.20. The highest BCUT2D eigenvalue weighted by atomic mass is 19.3. The maximum atomic E-state index is 13.7. The number of carbonyl (C=O) groups is 1. The van der Waals surface area contributed by atoms with Gasteiger partial charge < -0.3 is 4.90 Å². The van der Waals surface area contributed by atoms with E-state index in [4.69, 9.17) is 5.26 Å². The quantitative estimate of drug-likeness (QED) is 0.772. The molecular weight excluding hydrogens is 245 g/mol. The van der Waals surface area contributed by atoms with Gasteiger partial charge in [0.15, 0.2) is 0 Å². The molecule has 0 bridgehead atoms. The Kier molecular flexibility index (Phi) is 2.77. The first-order chi connectivity index (χ1) is 8.38. The average Bonchev–Trinajstić information content (AvgIpc) is 2.59. The van der Waals surface area contributed by atoms with E-state index in [1.54, 1.807) is 6.07 Å². The Bertz CT molecular complexity index is 563. The molecule has 1 aromatic rings. The zero-order valence-corrected chi connectivity index (χ0v) is 9.51. The first-order valence-electron chi connectivity index (χ1n) is 5.27. The molecule has 2 rings (SSSR count). The lowest BCUT2D eigenvalue weighted by Gasteiger charge is -2.19. The first-order valence-corrected chi connectivity index (χ1v) is 5.27. The van der Waals surface area contributed by atoms with Crippen molar-refractivity contribution in [3.05, 3.63) is 29.1 Å². The van der Waals surface area contributed by atoms with Crippen molar-refractivity contribution in [3.63, 3.8) is 0 Å². The average molecular weight is 254 g/mol. The second-order valence-corrected chi connectivity index (χ2v) is 4.09. The largest absolute Gasteiger partial charge is 0.326 e. The van der Waals surface area contributed by atoms with Crippen LogP contribution in [0, 0.1) is 24.1 Å². The molecule has 1 heterocycles. The second-order valence-electron chi connectivity index (χ2n) is 4.09. The van der Waals surface area contributed by atoms with Gasteiger partial charge in [0, 0.05) is 24.2 Å². The normalized spacial score (nSPS) is 17.9. The molecule has 1 fully saturated rings. The number of anilines is 1. The van der Waals surface area contributed by atoms with E-state index in [-0.39, 0.29) is 23.4 Å². The van der Waals surface area contributed by atoms with Crippen molar-refractivity contribution < 1.29 is 18.0 Å². The number of halogens is 3. The van der Waals surface area contributed by atoms with Crippen molar-refractivity contribution in [1.82, 2.24) is 0 Å². The third-order valence-electron chi connectivity index (χ3n) is 2.98. The summed E-state index contributed by atoms with van der Waals surface area (Å²) >= 11 is 0. The molecule has 94 valence electrons. The van der Waals surface area contributed by atoms with Crippen molar-refractivity contribution in [1.29, 1.82) is 5.26 Å². The number of hydrogen-bond acceptors (Lipinski definition) is 2. The van der Waals surface area contributed by atoms with E-state index in [9.17, 15) is 18.0 Å². The molecule has 0 aliphatic carbocycles. The van der Waals surface area contributed by atoms with Gasteiger partial charge in [0.25, 0.3) is 5.91 Å². The van der Waals surface area contributed by atoms with Gasteiger partial charge in [-0.3, -0.25) is 4.79 Å². The van der Waals surface area contributed by atoms with Gasteiger partial charge in [-0.05, 0) is 19.1 Å². The third-order valence-corrected chi connectivity index (χ3v) is 2.98. The zero-order chi connectivity index (χ0) is 13.5. The molecule has 1 aliphatic rings. The summed E-state index contributed by atoms with van der Waals surface area (Å²) in [6.07, 6.45) is -0.576. The minimum atomic E-state index is -3.39. The molecule has 0 unspecified atom stereocenters. The molecule has 1 aromatic carbocycles. The lowest BCUT2D eigenvalue weighted by Crippen LogP contribution is -2.33. The molecule has 1 aliphatic heterocycles. The summed E-state index contributed by atoms with van der Waals surface area (Å²) < 4.78 is 39.9. The van der Waals surface area contributed by atoms with Crippen LogP contribution in [0.2, 0.25) is 0 Å². The van der Waals surface area contributed by atoms with Gasteiger partial charge in [-0.15, -0.1) is 0 Å². The molecule has 3 nitrogen and oxygen atoms in total. The standard InChI is InChI=1S/C12H9F3N2O/c1-7-9(3-2-8(6-16)10(7)13)17-5-4-12(14,15)11(17)18/h2-3H,4-5H2,1H3. The monoisotopic (exact) mass is 254 g/mol. The van der Waals surface area contributed by atoms with Gasteiger partial charge in [-0.1, -0.05) is 0 Å². The van der Waals surface area contributed by atoms with Crippen molar-refractivity contribution in [2.45, 2.75) is 19.3 Å². The van der Waals surface area contributed by atoms with Gasteiger partial charge in [-0.25, -0.2) is 4.39 Å². The number of hydrogen-bond donors (Lipinski definition) is 0. The van der Waals surface area contributed by atoms with Crippen LogP contribution in [0.3, 0.4) is 0 Å². The van der Waals surface area contributed by atoms with E-state index in [0.717, 1.165) is 4.90 Å². The summed E-state index contributed by atoms with van der Waals surface area (Å²) in [5.74, 6) is -5.50. The van der Waals surface area contributed by atoms with Crippen molar-refractivity contribution in [2.75, 3.05) is 11.4 Å². The van der Waals surface area contributed by atoms with E-state index in [2.05, 4.69) is 0 Å². The van der Waals surface area contributed by atoms with E-state index < -0.39 is 24.1 Å². The highest BCUT2D eigenvalue weighted by Crippen LogP contribution is 2.34. The Morgan fingerprint density at radius 1 is 1.44 bits per heavy atom. The summed E-state index contributed by atoms with van der Waals surface area (Å²) in [5.41, 5.74) is -0.0524. The molecule has 0 atom stereocenters. The smallest absolute Gasteiger partial charge is 0.307 e. The summed E-state index contributed by atoms with van der Waals surface area (Å²) in [5, 5.41) is 8.64. The Hall–Kier alpha value is -2.03.